The number of nitrogens with zero attached hydrogens (tertiary/aromatic N) is 5. The Kier molecular flexibility index (Phi) is 6.56. The number of nitrogen functional groups attached to an aromatic ring is 1. The molecule has 0 fully saturated rings. The zero-order chi connectivity index (χ0) is 25.3. The Balaban J connectivity index is 1.91. The van der Waals surface area contributed by atoms with Gasteiger partial charge in [0.2, 0.25) is 0 Å². The van der Waals surface area contributed by atoms with Crippen LogP contribution in [0.1, 0.15) is 33.2 Å². The van der Waals surface area contributed by atoms with Crippen LogP contribution in [0.4, 0.5) is 24.0 Å². The Labute approximate surface area is 206 Å². The summed E-state index contributed by atoms with van der Waals surface area (Å²) < 4.78 is 39.5. The summed E-state index contributed by atoms with van der Waals surface area (Å²) >= 11 is 7.31. The van der Waals surface area contributed by atoms with Crippen LogP contribution in [0.3, 0.4) is 0 Å². The lowest BCUT2D eigenvalue weighted by Crippen LogP contribution is -2.42. The minimum atomic E-state index is -4.64. The number of aromatic nitrogens is 1. The zero-order valence-electron chi connectivity index (χ0n) is 17.7. The maximum atomic E-state index is 13.2. The highest BCUT2D eigenvalue weighted by molar-refractivity contribution is 7.16. The predicted molar refractivity (Wildman–Crippen MR) is 125 cm³/mol. The van der Waals surface area contributed by atoms with Gasteiger partial charge >= 0.3 is 6.18 Å². The molecule has 0 saturated heterocycles. The van der Waals surface area contributed by atoms with E-state index in [1.807, 2.05) is 0 Å². The molecule has 1 atom stereocenters. The summed E-state index contributed by atoms with van der Waals surface area (Å²) in [6, 6.07) is 10.2. The highest BCUT2D eigenvalue weighted by atomic mass is 35.5. The molecule has 3 heterocycles. The van der Waals surface area contributed by atoms with Crippen molar-refractivity contribution in [3.63, 3.8) is 0 Å². The van der Waals surface area contributed by atoms with E-state index in [2.05, 4.69) is 21.4 Å². The number of halogens is 4. The Hall–Kier alpha value is -3.82. The minimum absolute atomic E-state index is 0.00713. The lowest BCUT2D eigenvalue weighted by Gasteiger charge is -2.37. The average Bonchev–Trinajstić information content (AvgIpc) is 3.17. The van der Waals surface area contributed by atoms with Crippen LogP contribution in [-0.2, 0) is 12.6 Å². The summed E-state index contributed by atoms with van der Waals surface area (Å²) in [5.41, 5.74) is 6.09. The molecular formula is C22H16ClF3N6O2S. The number of hydrogen-bond donors (Lipinski definition) is 3. The van der Waals surface area contributed by atoms with Crippen molar-refractivity contribution < 1.29 is 23.6 Å². The number of anilines is 2. The van der Waals surface area contributed by atoms with E-state index in [0.29, 0.717) is 28.6 Å². The molecule has 1 aliphatic rings. The molecule has 35 heavy (non-hydrogen) atoms. The van der Waals surface area contributed by atoms with Gasteiger partial charge in [0.05, 0.1) is 16.1 Å². The van der Waals surface area contributed by atoms with Crippen LogP contribution < -0.4 is 10.6 Å². The number of alkyl halides is 3. The van der Waals surface area contributed by atoms with Crippen molar-refractivity contribution in [3.8, 4) is 6.07 Å². The van der Waals surface area contributed by atoms with Gasteiger partial charge in [-0.25, -0.2) is 4.98 Å². The molecule has 180 valence electrons. The molecule has 1 aromatic carbocycles. The number of pyridine rings is 1. The molecule has 3 aromatic rings. The van der Waals surface area contributed by atoms with E-state index in [1.54, 1.807) is 30.3 Å². The van der Waals surface area contributed by atoms with Crippen molar-refractivity contribution in [1.82, 2.24) is 4.98 Å². The smallest absolute Gasteiger partial charge is 0.411 e. The van der Waals surface area contributed by atoms with Crippen LogP contribution in [0.25, 0.3) is 0 Å². The second kappa shape index (κ2) is 9.44. The Morgan fingerprint density at radius 2 is 1.97 bits per heavy atom. The number of benzene rings is 1. The Bertz CT molecular complexity index is 1370. The van der Waals surface area contributed by atoms with Crippen LogP contribution in [0, 0.1) is 11.3 Å². The zero-order valence-corrected chi connectivity index (χ0v) is 19.2. The van der Waals surface area contributed by atoms with Gasteiger partial charge < -0.3 is 21.0 Å². The first-order valence-corrected chi connectivity index (χ1v) is 11.2. The topological polar surface area (TPSA) is 131 Å². The van der Waals surface area contributed by atoms with Gasteiger partial charge in [0.1, 0.15) is 34.4 Å². The molecule has 1 unspecified atom stereocenters. The predicted octanol–water partition coefficient (Wildman–Crippen LogP) is 5.08. The molecule has 0 amide bonds. The van der Waals surface area contributed by atoms with E-state index in [1.165, 1.54) is 4.90 Å². The van der Waals surface area contributed by atoms with Crippen LogP contribution in [0.2, 0.25) is 5.02 Å². The lowest BCUT2D eigenvalue weighted by molar-refractivity contribution is -0.137. The van der Waals surface area contributed by atoms with E-state index in [-0.39, 0.29) is 39.4 Å². The normalized spacial score (nSPS) is 16.7. The first-order valence-electron chi connectivity index (χ1n) is 10.0. The van der Waals surface area contributed by atoms with Crippen molar-refractivity contribution in [2.24, 2.45) is 10.3 Å². The Morgan fingerprint density at radius 3 is 2.54 bits per heavy atom. The molecule has 0 saturated carbocycles. The molecule has 2 aromatic heterocycles. The van der Waals surface area contributed by atoms with E-state index >= 15 is 0 Å². The van der Waals surface area contributed by atoms with E-state index in [9.17, 15) is 28.8 Å². The number of nitrogens with two attached hydrogens (primary N) is 1. The molecule has 1 aliphatic heterocycles. The maximum absolute atomic E-state index is 13.2. The molecule has 4 rings (SSSR count). The lowest BCUT2D eigenvalue weighted by atomic mass is 9.91. The van der Waals surface area contributed by atoms with Gasteiger partial charge in [-0.3, -0.25) is 0 Å². The summed E-state index contributed by atoms with van der Waals surface area (Å²) in [4.78, 5) is 5.99. The summed E-state index contributed by atoms with van der Waals surface area (Å²) in [5.74, 6) is -0.00713. The van der Waals surface area contributed by atoms with E-state index < -0.39 is 17.8 Å². The largest absolute Gasteiger partial charge is 0.417 e. The quantitative estimate of drug-likeness (QED) is 0.250. The third-order valence-electron chi connectivity index (χ3n) is 5.52. The number of hydrogen-bond acceptors (Lipinski definition) is 9. The van der Waals surface area contributed by atoms with Gasteiger partial charge in [-0.2, -0.15) is 18.4 Å². The molecule has 4 N–H and O–H groups in total. The fourth-order valence-electron chi connectivity index (χ4n) is 3.98. The number of fused-ring (bicyclic) bond motifs is 1. The number of oxime groups is 2. The SMILES string of the molecule is N#Cc1c(N)sc2c1CCN(c1ncc(C(F)(F)F)cc1Cl)C2C(=N/O)/C(=N/O)c1ccccc1. The number of nitriles is 1. The third-order valence-corrected chi connectivity index (χ3v) is 6.91. The van der Waals surface area contributed by atoms with Gasteiger partial charge in [-0.05, 0) is 18.1 Å². The van der Waals surface area contributed by atoms with Crippen molar-refractivity contribution in [2.45, 2.75) is 18.6 Å². The molecule has 0 radical (unpaired) electrons. The maximum Gasteiger partial charge on any atom is 0.417 e. The first kappa shape index (κ1) is 24.3. The minimum Gasteiger partial charge on any atom is -0.411 e. The van der Waals surface area contributed by atoms with Gasteiger partial charge in [0, 0.05) is 23.2 Å². The second-order valence-electron chi connectivity index (χ2n) is 7.47. The molecular weight excluding hydrogens is 505 g/mol. The number of rotatable bonds is 4. The fraction of sp³-hybridized carbons (Fsp3) is 0.182. The molecule has 8 nitrogen and oxygen atoms in total. The molecule has 0 bridgehead atoms. The second-order valence-corrected chi connectivity index (χ2v) is 8.96. The van der Waals surface area contributed by atoms with Gasteiger partial charge in [0.25, 0.3) is 0 Å². The standard InChI is InChI=1S/C22H16ClF3N6O2S/c23-15-8-12(22(24,25)26)10-29-21(15)32-7-6-13-14(9-27)20(28)35-19(13)18(32)17(31-34)16(30-33)11-4-2-1-3-5-11/h1-5,8,10,18,33-34H,6-7,28H2/b30-16+,31-17+. The summed E-state index contributed by atoms with van der Waals surface area (Å²) in [6.07, 6.45) is -3.68. The van der Waals surface area contributed by atoms with Crippen LogP contribution in [-0.4, -0.2) is 33.4 Å². The van der Waals surface area contributed by atoms with Crippen molar-refractivity contribution in [1.29, 1.82) is 5.26 Å². The van der Waals surface area contributed by atoms with Gasteiger partial charge in [-0.15, -0.1) is 11.3 Å². The van der Waals surface area contributed by atoms with Crippen molar-refractivity contribution in [2.75, 3.05) is 17.2 Å². The number of thiophene rings is 1. The van der Waals surface area contributed by atoms with Crippen LogP contribution in [0.5, 0.6) is 0 Å². The third kappa shape index (κ3) is 4.36. The average molecular weight is 521 g/mol. The summed E-state index contributed by atoms with van der Waals surface area (Å²) in [6.45, 7) is 0.146. The summed E-state index contributed by atoms with van der Waals surface area (Å²) in [7, 11) is 0. The Morgan fingerprint density at radius 1 is 1.26 bits per heavy atom. The van der Waals surface area contributed by atoms with Crippen LogP contribution >= 0.6 is 22.9 Å². The van der Waals surface area contributed by atoms with E-state index in [4.69, 9.17) is 17.3 Å². The van der Waals surface area contributed by atoms with Crippen molar-refractivity contribution >= 4 is 45.2 Å². The van der Waals surface area contributed by atoms with Gasteiger partial charge in [0.15, 0.2) is 0 Å². The van der Waals surface area contributed by atoms with E-state index in [0.717, 1.165) is 17.4 Å². The molecule has 0 aliphatic carbocycles. The summed E-state index contributed by atoms with van der Waals surface area (Å²) in [5, 5.41) is 36.2. The fourth-order valence-corrected chi connectivity index (χ4v) is 5.44. The monoisotopic (exact) mass is 520 g/mol. The highest BCUT2D eigenvalue weighted by Gasteiger charge is 2.40. The highest BCUT2D eigenvalue weighted by Crippen LogP contribution is 2.45. The molecule has 0 spiro atoms. The first-order chi connectivity index (χ1) is 16.7. The molecule has 13 heteroatoms. The van der Waals surface area contributed by atoms with Crippen LogP contribution in [0.15, 0.2) is 52.9 Å². The van der Waals surface area contributed by atoms with Gasteiger partial charge in [-0.1, -0.05) is 52.2 Å². The van der Waals surface area contributed by atoms with Crippen molar-refractivity contribution in [3.05, 3.63) is 74.7 Å².